The summed E-state index contributed by atoms with van der Waals surface area (Å²) in [4.78, 5) is 15.2. The highest BCUT2D eigenvalue weighted by molar-refractivity contribution is 5.73. The molecule has 0 aromatic carbocycles. The third-order valence-corrected chi connectivity index (χ3v) is 2.50. The minimum atomic E-state index is -0.877. The van der Waals surface area contributed by atoms with Crippen LogP contribution in [0.4, 0.5) is 0 Å². The Hall–Kier alpha value is -1.40. The zero-order chi connectivity index (χ0) is 12.8. The zero-order valence-corrected chi connectivity index (χ0v) is 10.3. The van der Waals surface area contributed by atoms with Crippen LogP contribution in [0.3, 0.4) is 0 Å². The van der Waals surface area contributed by atoms with Gasteiger partial charge in [0.25, 0.3) is 0 Å². The van der Waals surface area contributed by atoms with Gasteiger partial charge in [0.15, 0.2) is 0 Å². The molecule has 0 aliphatic heterocycles. The van der Waals surface area contributed by atoms with Crippen LogP contribution in [-0.4, -0.2) is 39.8 Å². The summed E-state index contributed by atoms with van der Waals surface area (Å²) in [5.74, 6) is -0.877. The van der Waals surface area contributed by atoms with Crippen LogP contribution in [0.1, 0.15) is 25.6 Å². The van der Waals surface area contributed by atoms with Crippen molar-refractivity contribution >= 4 is 5.97 Å². The number of carboxylic acids is 1. The highest BCUT2D eigenvalue weighted by Gasteiger charge is 2.18. The van der Waals surface area contributed by atoms with Gasteiger partial charge in [-0.05, 0) is 13.8 Å². The third kappa shape index (κ3) is 4.16. The first kappa shape index (κ1) is 13.7. The van der Waals surface area contributed by atoms with Gasteiger partial charge in [-0.15, -0.1) is 0 Å². The Morgan fingerprint density at radius 2 is 2.35 bits per heavy atom. The second-order valence-corrected chi connectivity index (χ2v) is 4.24. The maximum Gasteiger partial charge on any atom is 0.321 e. The summed E-state index contributed by atoms with van der Waals surface area (Å²) in [5, 5.41) is 11.9. The Labute approximate surface area is 101 Å². The lowest BCUT2D eigenvalue weighted by molar-refractivity contribution is -0.139. The first-order chi connectivity index (χ1) is 8.04. The molecule has 0 fully saturated rings. The summed E-state index contributed by atoms with van der Waals surface area (Å²) in [6.07, 6.45) is 3.97. The predicted octanol–water partition coefficient (Wildman–Crippen LogP) is 0.00800. The summed E-state index contributed by atoms with van der Waals surface area (Å²) >= 11 is 0. The van der Waals surface area contributed by atoms with Crippen molar-refractivity contribution in [1.82, 2.24) is 14.9 Å². The quantitative estimate of drug-likeness (QED) is 0.624. The van der Waals surface area contributed by atoms with E-state index in [9.17, 15) is 4.79 Å². The Bertz CT molecular complexity index is 362. The van der Waals surface area contributed by atoms with E-state index in [0.29, 0.717) is 25.6 Å². The number of hydrogen-bond donors (Lipinski definition) is 3. The fourth-order valence-corrected chi connectivity index (χ4v) is 1.48. The molecule has 0 aliphatic rings. The van der Waals surface area contributed by atoms with E-state index in [1.54, 1.807) is 6.33 Å². The van der Waals surface area contributed by atoms with Gasteiger partial charge >= 0.3 is 5.97 Å². The number of nitrogens with two attached hydrogens (primary N) is 1. The van der Waals surface area contributed by atoms with Gasteiger partial charge in [-0.1, -0.05) is 0 Å². The van der Waals surface area contributed by atoms with Crippen LogP contribution < -0.4 is 11.1 Å². The van der Waals surface area contributed by atoms with Crippen LogP contribution >= 0.6 is 0 Å². The average molecular weight is 240 g/mol. The zero-order valence-electron chi connectivity index (χ0n) is 10.3. The maximum atomic E-state index is 11.0. The summed E-state index contributed by atoms with van der Waals surface area (Å²) in [6, 6.07) is -0.300. The molecule has 6 heteroatoms. The summed E-state index contributed by atoms with van der Waals surface area (Å²) in [5.41, 5.74) is 6.11. The fourth-order valence-electron chi connectivity index (χ4n) is 1.48. The van der Waals surface area contributed by atoms with Crippen molar-refractivity contribution in [2.75, 3.05) is 13.1 Å². The standard InChI is InChI=1S/C11H20N4O2/c1-8(2)15-6-9(14-7-15)5-10(11(16)17)13-4-3-12/h6-8,10,13H,3-5,12H2,1-2H3,(H,16,17)/t10-/m0/s1. The summed E-state index contributed by atoms with van der Waals surface area (Å²) < 4.78 is 1.96. The number of nitrogens with zero attached hydrogens (tertiary/aromatic N) is 2. The third-order valence-electron chi connectivity index (χ3n) is 2.50. The lowest BCUT2D eigenvalue weighted by Gasteiger charge is -2.12. The van der Waals surface area contributed by atoms with E-state index >= 15 is 0 Å². The molecule has 1 atom stereocenters. The molecule has 0 spiro atoms. The molecular weight excluding hydrogens is 220 g/mol. The minimum Gasteiger partial charge on any atom is -0.480 e. The van der Waals surface area contributed by atoms with Gasteiger partial charge in [-0.3, -0.25) is 4.79 Å². The van der Waals surface area contributed by atoms with E-state index in [0.717, 1.165) is 5.69 Å². The van der Waals surface area contributed by atoms with Gasteiger partial charge in [0.05, 0.1) is 12.0 Å². The number of carbonyl (C=O) groups is 1. The average Bonchev–Trinajstić information content (AvgIpc) is 2.72. The Balaban J connectivity index is 2.62. The fraction of sp³-hybridized carbons (Fsp3) is 0.636. The maximum absolute atomic E-state index is 11.0. The van der Waals surface area contributed by atoms with Crippen LogP contribution in [0.25, 0.3) is 0 Å². The van der Waals surface area contributed by atoms with Crippen molar-refractivity contribution < 1.29 is 9.90 Å². The largest absolute Gasteiger partial charge is 0.480 e. The topological polar surface area (TPSA) is 93.2 Å². The SMILES string of the molecule is CC(C)n1cnc(C[C@H](NCCN)C(=O)O)c1. The van der Waals surface area contributed by atoms with Gasteiger partial charge in [-0.25, -0.2) is 4.98 Å². The molecule has 6 nitrogen and oxygen atoms in total. The van der Waals surface area contributed by atoms with E-state index in [1.807, 2.05) is 24.6 Å². The second-order valence-electron chi connectivity index (χ2n) is 4.24. The van der Waals surface area contributed by atoms with Crippen molar-refractivity contribution in [3.05, 3.63) is 18.2 Å². The number of rotatable bonds is 7. The Morgan fingerprint density at radius 1 is 1.65 bits per heavy atom. The first-order valence-electron chi connectivity index (χ1n) is 5.73. The molecule has 0 radical (unpaired) electrons. The lowest BCUT2D eigenvalue weighted by Crippen LogP contribution is -2.41. The van der Waals surface area contributed by atoms with E-state index in [-0.39, 0.29) is 0 Å². The van der Waals surface area contributed by atoms with Crippen molar-refractivity contribution in [3.8, 4) is 0 Å². The van der Waals surface area contributed by atoms with Gasteiger partial charge < -0.3 is 20.7 Å². The molecule has 1 aromatic rings. The number of hydrogen-bond acceptors (Lipinski definition) is 4. The summed E-state index contributed by atoms with van der Waals surface area (Å²) in [7, 11) is 0. The molecule has 0 saturated heterocycles. The molecule has 1 aromatic heterocycles. The molecule has 0 bridgehead atoms. The number of carboxylic acid groups (broad SMARTS) is 1. The van der Waals surface area contributed by atoms with Crippen LogP contribution in [0.5, 0.6) is 0 Å². The summed E-state index contributed by atoms with van der Waals surface area (Å²) in [6.45, 7) is 5.01. The van der Waals surface area contributed by atoms with Crippen LogP contribution in [0.15, 0.2) is 12.5 Å². The van der Waals surface area contributed by atoms with Gasteiger partial charge in [0.2, 0.25) is 0 Å². The highest BCUT2D eigenvalue weighted by atomic mass is 16.4. The molecule has 0 saturated carbocycles. The molecule has 96 valence electrons. The van der Waals surface area contributed by atoms with Crippen LogP contribution in [0.2, 0.25) is 0 Å². The number of aliphatic carboxylic acids is 1. The van der Waals surface area contributed by atoms with Gasteiger partial charge in [0, 0.05) is 31.7 Å². The Morgan fingerprint density at radius 3 is 2.82 bits per heavy atom. The molecule has 1 rings (SSSR count). The lowest BCUT2D eigenvalue weighted by atomic mass is 10.1. The van der Waals surface area contributed by atoms with Crippen molar-refractivity contribution in [2.24, 2.45) is 5.73 Å². The van der Waals surface area contributed by atoms with Gasteiger partial charge in [-0.2, -0.15) is 0 Å². The predicted molar refractivity (Wildman–Crippen MR) is 64.8 cm³/mol. The van der Waals surface area contributed by atoms with Crippen molar-refractivity contribution in [1.29, 1.82) is 0 Å². The number of aromatic nitrogens is 2. The number of imidazole rings is 1. The molecule has 1 heterocycles. The first-order valence-corrected chi connectivity index (χ1v) is 5.73. The Kier molecular flexibility index (Phi) is 5.11. The van der Waals surface area contributed by atoms with Gasteiger partial charge in [0.1, 0.15) is 6.04 Å². The van der Waals surface area contributed by atoms with E-state index in [4.69, 9.17) is 10.8 Å². The normalized spacial score (nSPS) is 12.9. The van der Waals surface area contributed by atoms with Crippen LogP contribution in [-0.2, 0) is 11.2 Å². The molecular formula is C11H20N4O2. The molecule has 17 heavy (non-hydrogen) atoms. The molecule has 0 amide bonds. The smallest absolute Gasteiger partial charge is 0.321 e. The second kappa shape index (κ2) is 6.36. The monoisotopic (exact) mass is 240 g/mol. The van der Waals surface area contributed by atoms with Crippen molar-refractivity contribution in [2.45, 2.75) is 32.4 Å². The van der Waals surface area contributed by atoms with Crippen molar-refractivity contribution in [3.63, 3.8) is 0 Å². The van der Waals surface area contributed by atoms with Crippen LogP contribution in [0, 0.1) is 0 Å². The number of nitrogens with one attached hydrogen (secondary N) is 1. The van der Waals surface area contributed by atoms with E-state index < -0.39 is 12.0 Å². The molecule has 0 unspecified atom stereocenters. The minimum absolute atomic E-state index is 0.330. The van der Waals surface area contributed by atoms with E-state index in [1.165, 1.54) is 0 Å². The highest BCUT2D eigenvalue weighted by Crippen LogP contribution is 2.07. The molecule has 0 aliphatic carbocycles. The molecule has 4 N–H and O–H groups in total. The van der Waals surface area contributed by atoms with E-state index in [2.05, 4.69) is 10.3 Å².